The molecule has 1 saturated heterocycles. The van der Waals surface area contributed by atoms with Gasteiger partial charge in [-0.15, -0.1) is 12.4 Å². The minimum atomic E-state index is -0.479. The highest BCUT2D eigenvalue weighted by Crippen LogP contribution is 2.38. The Hall–Kier alpha value is -1.59. The van der Waals surface area contributed by atoms with Gasteiger partial charge < -0.3 is 16.0 Å². The fourth-order valence-electron chi connectivity index (χ4n) is 3.91. The average molecular weight is 380 g/mol. The summed E-state index contributed by atoms with van der Waals surface area (Å²) in [7, 11) is 0. The van der Waals surface area contributed by atoms with Crippen LogP contribution in [0.5, 0.6) is 0 Å². The standard InChI is InChI=1S/C20H29N3O2.ClH/c1-14-7-8-16(12-15(14)2)23-19(25)20(9-3-4-10-20)13-22-18(24)17-6-5-11-21-17;/h7-8,12,17,21H,3-6,9-11,13H2,1-2H3,(H,22,24)(H,23,25);1H. The number of aryl methyl sites for hydroxylation is 2. The highest BCUT2D eigenvalue weighted by Gasteiger charge is 2.41. The number of benzene rings is 1. The van der Waals surface area contributed by atoms with Crippen molar-refractivity contribution >= 4 is 29.9 Å². The van der Waals surface area contributed by atoms with E-state index in [0.717, 1.165) is 50.8 Å². The lowest BCUT2D eigenvalue weighted by atomic mass is 9.84. The molecule has 5 nitrogen and oxygen atoms in total. The first-order valence-electron chi connectivity index (χ1n) is 9.40. The number of hydrogen-bond acceptors (Lipinski definition) is 3. The number of carbonyl (C=O) groups excluding carboxylic acids is 2. The zero-order valence-electron chi connectivity index (χ0n) is 15.7. The second kappa shape index (κ2) is 8.87. The van der Waals surface area contributed by atoms with Crippen molar-refractivity contribution in [2.24, 2.45) is 5.41 Å². The van der Waals surface area contributed by atoms with E-state index in [1.807, 2.05) is 25.1 Å². The Labute approximate surface area is 162 Å². The molecule has 0 radical (unpaired) electrons. The summed E-state index contributed by atoms with van der Waals surface area (Å²) >= 11 is 0. The van der Waals surface area contributed by atoms with Crippen LogP contribution in [-0.2, 0) is 9.59 Å². The van der Waals surface area contributed by atoms with Crippen molar-refractivity contribution < 1.29 is 9.59 Å². The van der Waals surface area contributed by atoms with Crippen LogP contribution in [0.25, 0.3) is 0 Å². The molecule has 3 N–H and O–H groups in total. The monoisotopic (exact) mass is 379 g/mol. The number of rotatable bonds is 5. The van der Waals surface area contributed by atoms with Crippen molar-refractivity contribution in [3.63, 3.8) is 0 Å². The topological polar surface area (TPSA) is 70.2 Å². The smallest absolute Gasteiger partial charge is 0.237 e. The summed E-state index contributed by atoms with van der Waals surface area (Å²) in [6, 6.07) is 5.89. The molecule has 0 spiro atoms. The molecule has 2 fully saturated rings. The van der Waals surface area contributed by atoms with Crippen molar-refractivity contribution in [2.75, 3.05) is 18.4 Å². The van der Waals surface area contributed by atoms with E-state index in [-0.39, 0.29) is 30.3 Å². The Morgan fingerprint density at radius 1 is 1.15 bits per heavy atom. The molecular weight excluding hydrogens is 350 g/mol. The van der Waals surface area contributed by atoms with Gasteiger partial charge in [0, 0.05) is 12.2 Å². The number of hydrogen-bond donors (Lipinski definition) is 3. The summed E-state index contributed by atoms with van der Waals surface area (Å²) in [6.07, 6.45) is 5.67. The first-order valence-corrected chi connectivity index (χ1v) is 9.40. The molecule has 3 rings (SSSR count). The molecule has 1 saturated carbocycles. The number of halogens is 1. The highest BCUT2D eigenvalue weighted by atomic mass is 35.5. The Balaban J connectivity index is 0.00000243. The molecule has 0 bridgehead atoms. The van der Waals surface area contributed by atoms with Crippen molar-refractivity contribution in [2.45, 2.75) is 58.4 Å². The van der Waals surface area contributed by atoms with Crippen LogP contribution in [0.2, 0.25) is 0 Å². The van der Waals surface area contributed by atoms with E-state index < -0.39 is 5.41 Å². The predicted molar refractivity (Wildman–Crippen MR) is 107 cm³/mol. The maximum atomic E-state index is 13.0. The zero-order valence-corrected chi connectivity index (χ0v) is 16.5. The van der Waals surface area contributed by atoms with Crippen molar-refractivity contribution in [3.05, 3.63) is 29.3 Å². The van der Waals surface area contributed by atoms with Crippen molar-refractivity contribution in [1.82, 2.24) is 10.6 Å². The van der Waals surface area contributed by atoms with E-state index in [1.54, 1.807) is 0 Å². The van der Waals surface area contributed by atoms with Crippen LogP contribution in [0, 0.1) is 19.3 Å². The quantitative estimate of drug-likeness (QED) is 0.736. The number of nitrogens with one attached hydrogen (secondary N) is 3. The van der Waals surface area contributed by atoms with Crippen LogP contribution in [0.1, 0.15) is 49.7 Å². The number of anilines is 1. The second-order valence-electron chi connectivity index (χ2n) is 7.61. The summed E-state index contributed by atoms with van der Waals surface area (Å²) in [6.45, 7) is 5.44. The summed E-state index contributed by atoms with van der Waals surface area (Å²) in [5, 5.41) is 9.32. The van der Waals surface area contributed by atoms with Gasteiger partial charge in [-0.2, -0.15) is 0 Å². The first kappa shape index (κ1) is 20.7. The predicted octanol–water partition coefficient (Wildman–Crippen LogP) is 3.09. The molecule has 1 heterocycles. The molecule has 144 valence electrons. The van der Waals surface area contributed by atoms with Crippen LogP contribution >= 0.6 is 12.4 Å². The van der Waals surface area contributed by atoms with Gasteiger partial charge in [-0.25, -0.2) is 0 Å². The van der Waals surface area contributed by atoms with E-state index in [4.69, 9.17) is 0 Å². The lowest BCUT2D eigenvalue weighted by Gasteiger charge is -2.28. The molecule has 1 aliphatic heterocycles. The molecule has 2 amide bonds. The fraction of sp³-hybridized carbons (Fsp3) is 0.600. The molecule has 1 aromatic rings. The van der Waals surface area contributed by atoms with Gasteiger partial charge in [0.05, 0.1) is 11.5 Å². The second-order valence-corrected chi connectivity index (χ2v) is 7.61. The van der Waals surface area contributed by atoms with Gasteiger partial charge in [0.2, 0.25) is 11.8 Å². The Morgan fingerprint density at radius 2 is 1.88 bits per heavy atom. The van der Waals surface area contributed by atoms with E-state index in [0.29, 0.717) is 6.54 Å². The Kier molecular flexibility index (Phi) is 7.07. The summed E-state index contributed by atoms with van der Waals surface area (Å²) in [4.78, 5) is 25.3. The van der Waals surface area contributed by atoms with E-state index >= 15 is 0 Å². The lowest BCUT2D eigenvalue weighted by molar-refractivity contribution is -0.127. The van der Waals surface area contributed by atoms with Gasteiger partial charge >= 0.3 is 0 Å². The minimum absolute atomic E-state index is 0. The zero-order chi connectivity index (χ0) is 17.9. The van der Waals surface area contributed by atoms with Gasteiger partial charge in [-0.05, 0) is 69.3 Å². The van der Waals surface area contributed by atoms with E-state index in [9.17, 15) is 9.59 Å². The van der Waals surface area contributed by atoms with Gasteiger partial charge in [-0.3, -0.25) is 9.59 Å². The molecule has 6 heteroatoms. The molecule has 1 aromatic carbocycles. The molecule has 1 aliphatic carbocycles. The third-order valence-electron chi connectivity index (χ3n) is 5.78. The van der Waals surface area contributed by atoms with Crippen molar-refractivity contribution in [1.29, 1.82) is 0 Å². The third-order valence-corrected chi connectivity index (χ3v) is 5.78. The molecule has 0 aromatic heterocycles. The summed E-state index contributed by atoms with van der Waals surface area (Å²) in [5.41, 5.74) is 2.74. The molecular formula is C20H30ClN3O2. The van der Waals surface area contributed by atoms with Crippen molar-refractivity contribution in [3.8, 4) is 0 Å². The largest absolute Gasteiger partial charge is 0.354 e. The average Bonchev–Trinajstić information content (AvgIpc) is 3.28. The molecule has 1 unspecified atom stereocenters. The number of carbonyl (C=O) groups is 2. The summed E-state index contributed by atoms with van der Waals surface area (Å²) in [5.74, 6) is 0.0655. The Morgan fingerprint density at radius 3 is 2.50 bits per heavy atom. The van der Waals surface area contributed by atoms with Gasteiger partial charge in [0.25, 0.3) is 0 Å². The van der Waals surface area contributed by atoms with Crippen LogP contribution in [0.4, 0.5) is 5.69 Å². The minimum Gasteiger partial charge on any atom is -0.354 e. The van der Waals surface area contributed by atoms with Crippen LogP contribution in [-0.4, -0.2) is 30.9 Å². The van der Waals surface area contributed by atoms with Gasteiger partial charge in [-0.1, -0.05) is 18.9 Å². The highest BCUT2D eigenvalue weighted by molar-refractivity contribution is 5.96. The van der Waals surface area contributed by atoms with Crippen LogP contribution in [0.3, 0.4) is 0 Å². The van der Waals surface area contributed by atoms with Gasteiger partial charge in [0.15, 0.2) is 0 Å². The Bertz CT molecular complexity index is 650. The fourth-order valence-corrected chi connectivity index (χ4v) is 3.91. The maximum Gasteiger partial charge on any atom is 0.237 e. The van der Waals surface area contributed by atoms with Crippen LogP contribution < -0.4 is 16.0 Å². The SMILES string of the molecule is Cc1ccc(NC(=O)C2(CNC(=O)C3CCCN3)CCCC2)cc1C.Cl. The third kappa shape index (κ3) is 4.57. The lowest BCUT2D eigenvalue weighted by Crippen LogP contribution is -2.48. The molecule has 2 aliphatic rings. The molecule has 26 heavy (non-hydrogen) atoms. The molecule has 1 atom stereocenters. The normalized spacial score (nSPS) is 21.1. The maximum absolute atomic E-state index is 13.0. The van der Waals surface area contributed by atoms with Gasteiger partial charge in [0.1, 0.15) is 0 Å². The van der Waals surface area contributed by atoms with E-state index in [2.05, 4.69) is 22.9 Å². The van der Waals surface area contributed by atoms with E-state index in [1.165, 1.54) is 11.1 Å². The van der Waals surface area contributed by atoms with Crippen LogP contribution in [0.15, 0.2) is 18.2 Å². The number of amides is 2. The summed E-state index contributed by atoms with van der Waals surface area (Å²) < 4.78 is 0. The first-order chi connectivity index (χ1) is 12.0.